The number of nitrogens with zero attached hydrogens (tertiary/aromatic N) is 6. The van der Waals surface area contributed by atoms with Gasteiger partial charge in [-0.15, -0.1) is 22.7 Å². The average Bonchev–Trinajstić information content (AvgIpc) is 1.42. The molecular weight excluding hydrogens is 1330 g/mol. The summed E-state index contributed by atoms with van der Waals surface area (Å²) in [5, 5.41) is 16.2. The van der Waals surface area contributed by atoms with Crippen LogP contribution < -0.4 is 0 Å². The predicted octanol–water partition coefficient (Wildman–Crippen LogP) is 26.9. The van der Waals surface area contributed by atoms with Gasteiger partial charge in [-0.3, -0.25) is 0 Å². The van der Waals surface area contributed by atoms with Gasteiger partial charge in [0, 0.05) is 73.7 Å². The zero-order chi connectivity index (χ0) is 69.8. The van der Waals surface area contributed by atoms with Gasteiger partial charge in [0.2, 0.25) is 0 Å². The Morgan fingerprint density at radius 2 is 0.538 bits per heavy atom. The maximum atomic E-state index is 5.57. The van der Waals surface area contributed by atoms with Gasteiger partial charge in [0.05, 0.1) is 0 Å². The Hall–Kier alpha value is -13.5. The van der Waals surface area contributed by atoms with Gasteiger partial charge in [-0.05, 0) is 152 Å². The molecule has 21 rings (SSSR count). The van der Waals surface area contributed by atoms with Crippen LogP contribution in [0.25, 0.3) is 218 Å². The Morgan fingerprint density at radius 3 is 1.14 bits per heavy atom. The predicted molar refractivity (Wildman–Crippen MR) is 446 cm³/mol. The van der Waals surface area contributed by atoms with Crippen LogP contribution in [0.3, 0.4) is 0 Å². The van der Waals surface area contributed by atoms with Gasteiger partial charge in [-0.1, -0.05) is 309 Å². The van der Waals surface area contributed by atoms with E-state index < -0.39 is 0 Å². The maximum Gasteiger partial charge on any atom is 0.165 e. The molecule has 492 valence electrons. The number of rotatable bonds is 11. The lowest BCUT2D eigenvalue weighted by atomic mass is 9.90. The maximum absolute atomic E-state index is 5.57. The molecule has 0 aliphatic heterocycles. The fourth-order valence-corrected chi connectivity index (χ4v) is 18.3. The van der Waals surface area contributed by atoms with Gasteiger partial charge in [0.25, 0.3) is 0 Å². The van der Waals surface area contributed by atoms with Crippen molar-refractivity contribution in [3.8, 4) is 124 Å². The molecule has 4 aromatic heterocycles. The molecule has 0 radical (unpaired) electrons. The van der Waals surface area contributed by atoms with Crippen LogP contribution >= 0.6 is 22.7 Å². The highest BCUT2D eigenvalue weighted by Crippen LogP contribution is 2.47. The first-order chi connectivity index (χ1) is 52.5. The van der Waals surface area contributed by atoms with Crippen LogP contribution in [0.2, 0.25) is 0 Å². The summed E-state index contributed by atoms with van der Waals surface area (Å²) in [7, 11) is 0. The first-order valence-electron chi connectivity index (χ1n) is 35.7. The monoisotopic (exact) mass is 1380 g/mol. The van der Waals surface area contributed by atoms with Crippen LogP contribution in [0.15, 0.2) is 352 Å². The lowest BCUT2D eigenvalue weighted by Crippen LogP contribution is -2.02. The summed E-state index contributed by atoms with van der Waals surface area (Å²) in [4.78, 5) is 33.1. The van der Waals surface area contributed by atoms with Crippen LogP contribution in [0, 0.1) is 0 Å². The molecule has 6 nitrogen and oxygen atoms in total. The second kappa shape index (κ2) is 25.2. The van der Waals surface area contributed by atoms with Crippen molar-refractivity contribution in [3.63, 3.8) is 0 Å². The summed E-state index contributed by atoms with van der Waals surface area (Å²) in [6.45, 7) is 0. The van der Waals surface area contributed by atoms with E-state index in [1.165, 1.54) is 58.1 Å². The fraction of sp³-hybridized carbons (Fsp3) is 0. The molecule has 0 fully saturated rings. The fourth-order valence-electron chi connectivity index (χ4n) is 15.9. The van der Waals surface area contributed by atoms with Crippen molar-refractivity contribution in [2.45, 2.75) is 0 Å². The van der Waals surface area contributed by atoms with Crippen LogP contribution in [0.4, 0.5) is 0 Å². The van der Waals surface area contributed by atoms with E-state index in [9.17, 15) is 0 Å². The summed E-state index contributed by atoms with van der Waals surface area (Å²) < 4.78 is 4.66. The molecule has 0 aliphatic rings. The second-order valence-electron chi connectivity index (χ2n) is 27.1. The normalized spacial score (nSPS) is 11.8. The van der Waals surface area contributed by atoms with Gasteiger partial charge >= 0.3 is 0 Å². The molecule has 4 heterocycles. The van der Waals surface area contributed by atoms with Crippen molar-refractivity contribution in [2.24, 2.45) is 0 Å². The lowest BCUT2D eigenvalue weighted by molar-refractivity contribution is 1.08. The van der Waals surface area contributed by atoms with Crippen molar-refractivity contribution >= 4 is 117 Å². The number of hydrogen-bond acceptors (Lipinski definition) is 8. The molecule has 0 N–H and O–H groups in total. The third-order valence-electron chi connectivity index (χ3n) is 21.0. The highest BCUT2D eigenvalue weighted by atomic mass is 32.1. The van der Waals surface area contributed by atoms with Crippen molar-refractivity contribution in [1.82, 2.24) is 29.9 Å². The molecule has 0 spiro atoms. The van der Waals surface area contributed by atoms with E-state index >= 15 is 0 Å². The summed E-state index contributed by atoms with van der Waals surface area (Å²) in [6.07, 6.45) is 0. The van der Waals surface area contributed by atoms with Gasteiger partial charge in [0.1, 0.15) is 0 Å². The summed E-state index contributed by atoms with van der Waals surface area (Å²) in [5.74, 6) is 3.68. The molecule has 17 aromatic carbocycles. The SMILES string of the molecule is c1ccc(-c2ccc3ccccc3c2-c2nc(-c3ccc(-c4cccc5ccccc45)cc3)nc(-c3cccc4c3sc3ccc(-c5cc(-c6ccc(-c7nc(-c8c(-c9cccc%10ccccc9%10)ccc9ccccc89)nc(-c8cccc9c8sc8ccccc89)n7)cc6)c6ccccc6c5)cc34)n2)cc1. The Morgan fingerprint density at radius 1 is 0.160 bits per heavy atom. The molecule has 0 saturated heterocycles. The third kappa shape index (κ3) is 10.4. The molecule has 0 saturated carbocycles. The quantitative estimate of drug-likeness (QED) is 0.128. The molecule has 106 heavy (non-hydrogen) atoms. The molecule has 8 heteroatoms. The van der Waals surface area contributed by atoms with Gasteiger partial charge in [-0.25, -0.2) is 29.9 Å². The Balaban J connectivity index is 0.685. The second-order valence-corrected chi connectivity index (χ2v) is 29.2. The van der Waals surface area contributed by atoms with Crippen LogP contribution in [0.5, 0.6) is 0 Å². The topological polar surface area (TPSA) is 77.3 Å². The third-order valence-corrected chi connectivity index (χ3v) is 23.5. The van der Waals surface area contributed by atoms with E-state index in [4.69, 9.17) is 29.9 Å². The van der Waals surface area contributed by atoms with Crippen LogP contribution in [-0.4, -0.2) is 29.9 Å². The Bertz CT molecular complexity index is 7130. The molecule has 0 aliphatic carbocycles. The minimum absolute atomic E-state index is 0.598. The summed E-state index contributed by atoms with van der Waals surface area (Å²) >= 11 is 3.57. The smallest absolute Gasteiger partial charge is 0.165 e. The van der Waals surface area contributed by atoms with Gasteiger partial charge in [0.15, 0.2) is 34.9 Å². The standard InChI is InChI=1S/C98H58N6S2/c1-2-20-61(21-3-1)77-53-50-62-24-6-12-32-75(62)89(77)97-101-93(66-46-42-64(43-47-66)72-35-16-27-59-22-4-9-29-71(59)72)99-96(103-97)84-40-19-38-82-86-57-68(52-55-88(86)106-92(82)84)70-56-69-26-8-11-31-74(69)85(58-70)65-44-48-67(49-45-65)94-100-95(83-39-18-37-81-79-34-14-15-41-87(79)105-91(81)83)104-98(102-94)90-76-33-13-7-25-63(76)51-54-80(90)78-36-17-28-60-23-5-10-30-73(60)78/h1-58H. The van der Waals surface area contributed by atoms with Crippen LogP contribution in [-0.2, 0) is 0 Å². The zero-order valence-electron chi connectivity index (χ0n) is 57.0. The molecule has 0 atom stereocenters. The van der Waals surface area contributed by atoms with E-state index in [2.05, 4.69) is 352 Å². The number of fused-ring (bicyclic) bond motifs is 11. The molecule has 21 aromatic rings. The van der Waals surface area contributed by atoms with Gasteiger partial charge in [-0.2, -0.15) is 0 Å². The van der Waals surface area contributed by atoms with Crippen molar-refractivity contribution in [3.05, 3.63) is 352 Å². The summed E-state index contributed by atoms with van der Waals surface area (Å²) in [5.41, 5.74) is 16.7. The lowest BCUT2D eigenvalue weighted by Gasteiger charge is -2.16. The minimum atomic E-state index is 0.598. The summed E-state index contributed by atoms with van der Waals surface area (Å²) in [6, 6.07) is 126. The highest BCUT2D eigenvalue weighted by Gasteiger charge is 2.25. The Labute approximate surface area is 618 Å². The molecule has 0 amide bonds. The largest absolute Gasteiger partial charge is 0.208 e. The van der Waals surface area contributed by atoms with Crippen molar-refractivity contribution in [1.29, 1.82) is 0 Å². The van der Waals surface area contributed by atoms with Gasteiger partial charge < -0.3 is 0 Å². The number of aromatic nitrogens is 6. The molecule has 0 bridgehead atoms. The van der Waals surface area contributed by atoms with E-state index in [0.717, 1.165) is 125 Å². The number of benzene rings is 17. The first-order valence-corrected chi connectivity index (χ1v) is 37.3. The van der Waals surface area contributed by atoms with Crippen LogP contribution in [0.1, 0.15) is 0 Å². The van der Waals surface area contributed by atoms with E-state index in [1.807, 2.05) is 0 Å². The Kier molecular flexibility index (Phi) is 14.5. The van der Waals surface area contributed by atoms with Crippen molar-refractivity contribution < 1.29 is 0 Å². The zero-order valence-corrected chi connectivity index (χ0v) is 58.6. The van der Waals surface area contributed by atoms with E-state index in [0.29, 0.717) is 34.9 Å². The number of hydrogen-bond donors (Lipinski definition) is 0. The molecule has 0 unspecified atom stereocenters. The first kappa shape index (κ1) is 61.2. The van der Waals surface area contributed by atoms with E-state index in [1.54, 1.807) is 22.7 Å². The highest BCUT2D eigenvalue weighted by molar-refractivity contribution is 7.26. The molecular formula is C98H58N6S2. The van der Waals surface area contributed by atoms with E-state index in [-0.39, 0.29) is 0 Å². The van der Waals surface area contributed by atoms with Crippen molar-refractivity contribution in [2.75, 3.05) is 0 Å². The average molecular weight is 1380 g/mol. The minimum Gasteiger partial charge on any atom is -0.208 e. The number of thiophene rings is 2.